The van der Waals surface area contributed by atoms with Crippen LogP contribution in [-0.4, -0.2) is 27.2 Å². The summed E-state index contributed by atoms with van der Waals surface area (Å²) in [5.74, 6) is 0.417. The maximum absolute atomic E-state index is 4.84. The molecule has 13 heavy (non-hydrogen) atoms. The Hall–Kier alpha value is -1.98. The maximum Gasteiger partial charge on any atom is 0.316 e. The Labute approximate surface area is 73.6 Å². The fourth-order valence-corrected chi connectivity index (χ4v) is 0.847. The molecule has 0 atom stereocenters. The second-order valence-corrected chi connectivity index (χ2v) is 2.18. The van der Waals surface area contributed by atoms with Crippen LogP contribution in [0.15, 0.2) is 23.2 Å². The van der Waals surface area contributed by atoms with Crippen LogP contribution in [0.3, 0.4) is 0 Å². The van der Waals surface area contributed by atoms with E-state index >= 15 is 0 Å². The van der Waals surface area contributed by atoms with Gasteiger partial charge in [0, 0.05) is 6.20 Å². The summed E-state index contributed by atoms with van der Waals surface area (Å²) in [5.41, 5.74) is 0.570. The van der Waals surface area contributed by atoms with Crippen molar-refractivity contribution in [2.75, 3.05) is 7.11 Å². The minimum Gasteiger partial charge on any atom is -0.467 e. The highest BCUT2D eigenvalue weighted by molar-refractivity contribution is 5.46. The van der Waals surface area contributed by atoms with Gasteiger partial charge in [-0.25, -0.2) is 4.98 Å². The van der Waals surface area contributed by atoms with Gasteiger partial charge in [-0.05, 0) is 6.07 Å². The molecule has 0 spiro atoms. The Kier molecular flexibility index (Phi) is 1.87. The molecular formula is C7H6N4O2. The van der Waals surface area contributed by atoms with Gasteiger partial charge in [-0.3, -0.25) is 0 Å². The van der Waals surface area contributed by atoms with E-state index in [2.05, 4.69) is 24.6 Å². The molecule has 0 fully saturated rings. The van der Waals surface area contributed by atoms with Gasteiger partial charge in [0.05, 0.1) is 7.11 Å². The molecule has 66 valence electrons. The van der Waals surface area contributed by atoms with Crippen molar-refractivity contribution in [3.8, 4) is 17.5 Å². The van der Waals surface area contributed by atoms with Crippen LogP contribution in [0.25, 0.3) is 11.5 Å². The summed E-state index contributed by atoms with van der Waals surface area (Å²) in [6.07, 6.45) is 2.81. The van der Waals surface area contributed by atoms with Gasteiger partial charge in [0.1, 0.15) is 5.69 Å². The van der Waals surface area contributed by atoms with E-state index < -0.39 is 0 Å². The average molecular weight is 178 g/mol. The van der Waals surface area contributed by atoms with Gasteiger partial charge in [0.2, 0.25) is 12.2 Å². The van der Waals surface area contributed by atoms with Crippen molar-refractivity contribution in [2.24, 2.45) is 0 Å². The van der Waals surface area contributed by atoms with Crippen LogP contribution in [0.4, 0.5) is 0 Å². The molecule has 0 unspecified atom stereocenters. The quantitative estimate of drug-likeness (QED) is 0.667. The van der Waals surface area contributed by atoms with Gasteiger partial charge in [-0.2, -0.15) is 9.97 Å². The first-order valence-electron chi connectivity index (χ1n) is 3.54. The van der Waals surface area contributed by atoms with Gasteiger partial charge in [0.15, 0.2) is 0 Å². The van der Waals surface area contributed by atoms with Gasteiger partial charge >= 0.3 is 6.01 Å². The van der Waals surface area contributed by atoms with Gasteiger partial charge in [0.25, 0.3) is 0 Å². The zero-order chi connectivity index (χ0) is 9.10. The number of nitrogens with zero attached hydrogens (tertiary/aromatic N) is 4. The van der Waals surface area contributed by atoms with Crippen LogP contribution in [0, 0.1) is 0 Å². The topological polar surface area (TPSA) is 73.9 Å². The van der Waals surface area contributed by atoms with Crippen molar-refractivity contribution in [1.29, 1.82) is 0 Å². The standard InChI is InChI=1S/C7H6N4O2/c1-12-7-8-3-2-5(10-7)6-9-4-13-11-6/h2-4H,1H3. The Morgan fingerprint density at radius 2 is 2.31 bits per heavy atom. The molecule has 0 N–H and O–H groups in total. The van der Waals surface area contributed by atoms with E-state index in [1.165, 1.54) is 13.5 Å². The minimum atomic E-state index is 0.280. The molecule has 0 bridgehead atoms. The highest BCUT2D eigenvalue weighted by atomic mass is 16.5. The summed E-state index contributed by atoms with van der Waals surface area (Å²) >= 11 is 0. The molecule has 2 aromatic rings. The highest BCUT2D eigenvalue weighted by Gasteiger charge is 2.05. The Morgan fingerprint density at radius 3 is 3.00 bits per heavy atom. The number of hydrogen-bond donors (Lipinski definition) is 0. The Bertz CT molecular complexity index is 387. The average Bonchev–Trinajstić information content (AvgIpc) is 2.71. The van der Waals surface area contributed by atoms with Crippen molar-refractivity contribution >= 4 is 0 Å². The van der Waals surface area contributed by atoms with E-state index in [1.54, 1.807) is 12.3 Å². The maximum atomic E-state index is 4.84. The zero-order valence-electron chi connectivity index (χ0n) is 6.84. The number of methoxy groups -OCH3 is 1. The van der Waals surface area contributed by atoms with Gasteiger partial charge in [-0.15, -0.1) is 0 Å². The lowest BCUT2D eigenvalue weighted by molar-refractivity contribution is 0.380. The molecule has 0 radical (unpaired) electrons. The SMILES string of the molecule is COc1nccc(-c2ncon2)n1. The Balaban J connectivity index is 2.41. The molecule has 0 aliphatic rings. The van der Waals surface area contributed by atoms with Crippen LogP contribution >= 0.6 is 0 Å². The van der Waals surface area contributed by atoms with Crippen LogP contribution < -0.4 is 4.74 Å². The molecule has 6 nitrogen and oxygen atoms in total. The summed E-state index contributed by atoms with van der Waals surface area (Å²) in [7, 11) is 1.50. The number of hydrogen-bond acceptors (Lipinski definition) is 6. The van der Waals surface area contributed by atoms with Gasteiger partial charge in [-0.1, -0.05) is 5.16 Å². The van der Waals surface area contributed by atoms with Crippen molar-refractivity contribution < 1.29 is 9.26 Å². The smallest absolute Gasteiger partial charge is 0.316 e. The highest BCUT2D eigenvalue weighted by Crippen LogP contribution is 2.12. The largest absolute Gasteiger partial charge is 0.467 e. The second kappa shape index (κ2) is 3.18. The lowest BCUT2D eigenvalue weighted by atomic mass is 10.4. The molecule has 6 heteroatoms. The number of ether oxygens (including phenoxy) is 1. The fraction of sp³-hybridized carbons (Fsp3) is 0.143. The van der Waals surface area contributed by atoms with Crippen molar-refractivity contribution in [2.45, 2.75) is 0 Å². The lowest BCUT2D eigenvalue weighted by Gasteiger charge is -1.96. The molecule has 2 rings (SSSR count). The first-order chi connectivity index (χ1) is 6.40. The van der Waals surface area contributed by atoms with Crippen molar-refractivity contribution in [3.63, 3.8) is 0 Å². The molecule has 0 aliphatic heterocycles. The zero-order valence-corrected chi connectivity index (χ0v) is 6.84. The number of rotatable bonds is 2. The molecular weight excluding hydrogens is 172 g/mol. The molecule has 0 saturated carbocycles. The van der Waals surface area contributed by atoms with E-state index in [-0.39, 0.29) is 6.01 Å². The summed E-state index contributed by atoms with van der Waals surface area (Å²) in [6, 6.07) is 1.95. The third-order valence-corrected chi connectivity index (χ3v) is 1.41. The van der Waals surface area contributed by atoms with E-state index in [0.717, 1.165) is 0 Å². The van der Waals surface area contributed by atoms with E-state index in [1.807, 2.05) is 0 Å². The fourth-order valence-electron chi connectivity index (χ4n) is 0.847. The molecule has 2 heterocycles. The number of aromatic nitrogens is 4. The predicted octanol–water partition coefficient (Wildman–Crippen LogP) is 0.535. The van der Waals surface area contributed by atoms with E-state index in [9.17, 15) is 0 Å². The summed E-state index contributed by atoms with van der Waals surface area (Å²) in [6.45, 7) is 0. The lowest BCUT2D eigenvalue weighted by Crippen LogP contribution is -1.93. The molecule has 0 saturated heterocycles. The van der Waals surface area contributed by atoms with E-state index in [0.29, 0.717) is 11.5 Å². The first kappa shape index (κ1) is 7.66. The molecule has 0 aliphatic carbocycles. The summed E-state index contributed by atoms with van der Waals surface area (Å²) in [4.78, 5) is 11.7. The van der Waals surface area contributed by atoms with Gasteiger partial charge < -0.3 is 9.26 Å². The second-order valence-electron chi connectivity index (χ2n) is 2.18. The summed E-state index contributed by atoms with van der Waals surface area (Å²) in [5, 5.41) is 3.63. The predicted molar refractivity (Wildman–Crippen MR) is 41.9 cm³/mol. The normalized spacial score (nSPS) is 9.92. The molecule has 0 aromatic carbocycles. The minimum absolute atomic E-state index is 0.280. The van der Waals surface area contributed by atoms with E-state index in [4.69, 9.17) is 4.74 Å². The first-order valence-corrected chi connectivity index (χ1v) is 3.54. The Morgan fingerprint density at radius 1 is 1.38 bits per heavy atom. The summed E-state index contributed by atoms with van der Waals surface area (Å²) < 4.78 is 9.42. The van der Waals surface area contributed by atoms with Crippen molar-refractivity contribution in [3.05, 3.63) is 18.7 Å². The van der Waals surface area contributed by atoms with Crippen LogP contribution in [-0.2, 0) is 0 Å². The van der Waals surface area contributed by atoms with Crippen LogP contribution in [0.2, 0.25) is 0 Å². The van der Waals surface area contributed by atoms with Crippen molar-refractivity contribution in [1.82, 2.24) is 20.1 Å². The third kappa shape index (κ3) is 1.46. The molecule has 2 aromatic heterocycles. The monoisotopic (exact) mass is 178 g/mol. The van der Waals surface area contributed by atoms with Crippen LogP contribution in [0.1, 0.15) is 0 Å². The molecule has 0 amide bonds. The third-order valence-electron chi connectivity index (χ3n) is 1.41. The van der Waals surface area contributed by atoms with Crippen LogP contribution in [0.5, 0.6) is 6.01 Å².